The number of benzene rings is 1. The fourth-order valence-electron chi connectivity index (χ4n) is 2.00. The molecule has 0 aliphatic heterocycles. The molecule has 1 aromatic carbocycles. The van der Waals surface area contributed by atoms with Crippen LogP contribution in [0.2, 0.25) is 0 Å². The summed E-state index contributed by atoms with van der Waals surface area (Å²) < 4.78 is 1.77. The van der Waals surface area contributed by atoms with Gasteiger partial charge in [-0.3, -0.25) is 10.1 Å². The molecule has 0 aliphatic rings. The zero-order chi connectivity index (χ0) is 11.7. The first-order valence-electron chi connectivity index (χ1n) is 5.06. The van der Waals surface area contributed by atoms with E-state index in [9.17, 15) is 10.1 Å². The molecule has 5 heteroatoms. The van der Waals surface area contributed by atoms with Gasteiger partial charge in [0.15, 0.2) is 0 Å². The van der Waals surface area contributed by atoms with E-state index < -0.39 is 0 Å². The van der Waals surface area contributed by atoms with Gasteiger partial charge < -0.3 is 10.3 Å². The fraction of sp³-hybridized carbons (Fsp3) is 0.273. The first-order chi connectivity index (χ1) is 7.65. The van der Waals surface area contributed by atoms with Crippen molar-refractivity contribution in [2.24, 2.45) is 12.8 Å². The van der Waals surface area contributed by atoms with Crippen LogP contribution in [0.3, 0.4) is 0 Å². The van der Waals surface area contributed by atoms with Crippen molar-refractivity contribution in [2.45, 2.75) is 6.42 Å². The number of hydrogen-bond donors (Lipinski definition) is 1. The number of nitrogens with two attached hydrogens (primary N) is 1. The SMILES string of the molecule is Cn1cc([N+](=O)[O-])c2c(CCN)cccc21. The maximum absolute atomic E-state index is 10.9. The molecule has 0 amide bonds. The van der Waals surface area contributed by atoms with Gasteiger partial charge >= 0.3 is 0 Å². The van der Waals surface area contributed by atoms with E-state index in [1.807, 2.05) is 25.2 Å². The van der Waals surface area contributed by atoms with Crippen molar-refractivity contribution < 1.29 is 4.92 Å². The molecule has 0 bridgehead atoms. The number of nitrogens with zero attached hydrogens (tertiary/aromatic N) is 2. The normalized spacial score (nSPS) is 10.9. The van der Waals surface area contributed by atoms with Crippen LogP contribution in [0.15, 0.2) is 24.4 Å². The summed E-state index contributed by atoms with van der Waals surface area (Å²) in [6.45, 7) is 0.491. The molecule has 0 unspecified atom stereocenters. The maximum atomic E-state index is 10.9. The predicted octanol–water partition coefficient (Wildman–Crippen LogP) is 1.59. The standard InChI is InChI=1S/C11H13N3O2/c1-13-7-10(14(15)16)11-8(5-6-12)3-2-4-9(11)13/h2-4,7H,5-6,12H2,1H3. The Kier molecular flexibility index (Phi) is 2.62. The van der Waals surface area contributed by atoms with Crippen molar-refractivity contribution in [3.05, 3.63) is 40.1 Å². The molecule has 2 aromatic rings. The maximum Gasteiger partial charge on any atom is 0.294 e. The number of nitro groups is 1. The van der Waals surface area contributed by atoms with Crippen LogP contribution in [0.1, 0.15) is 5.56 Å². The molecule has 0 atom stereocenters. The van der Waals surface area contributed by atoms with Crippen LogP contribution in [0.25, 0.3) is 10.9 Å². The van der Waals surface area contributed by atoms with Gasteiger partial charge in [0.1, 0.15) is 0 Å². The summed E-state index contributed by atoms with van der Waals surface area (Å²) >= 11 is 0. The van der Waals surface area contributed by atoms with Gasteiger partial charge in [-0.1, -0.05) is 12.1 Å². The number of rotatable bonds is 3. The quantitative estimate of drug-likeness (QED) is 0.629. The van der Waals surface area contributed by atoms with Crippen molar-refractivity contribution >= 4 is 16.6 Å². The molecule has 1 heterocycles. The first-order valence-corrected chi connectivity index (χ1v) is 5.06. The summed E-state index contributed by atoms with van der Waals surface area (Å²) in [6.07, 6.45) is 2.20. The lowest BCUT2D eigenvalue weighted by Crippen LogP contribution is -2.03. The van der Waals surface area contributed by atoms with Crippen molar-refractivity contribution in [3.63, 3.8) is 0 Å². The Labute approximate surface area is 92.6 Å². The van der Waals surface area contributed by atoms with Gasteiger partial charge in [-0.25, -0.2) is 0 Å². The average Bonchev–Trinajstić information content (AvgIpc) is 2.58. The molecule has 0 saturated carbocycles. The molecular weight excluding hydrogens is 206 g/mol. The molecule has 0 radical (unpaired) electrons. The Bertz CT molecular complexity index is 545. The average molecular weight is 219 g/mol. The van der Waals surface area contributed by atoms with Crippen LogP contribution in [-0.4, -0.2) is 16.0 Å². The second kappa shape index (κ2) is 3.94. The lowest BCUT2D eigenvalue weighted by molar-refractivity contribution is -0.383. The molecule has 84 valence electrons. The highest BCUT2D eigenvalue weighted by atomic mass is 16.6. The van der Waals surface area contributed by atoms with Crippen LogP contribution < -0.4 is 5.73 Å². The molecule has 1 aromatic heterocycles. The van der Waals surface area contributed by atoms with E-state index in [0.717, 1.165) is 11.1 Å². The topological polar surface area (TPSA) is 74.1 Å². The van der Waals surface area contributed by atoms with Crippen molar-refractivity contribution in [2.75, 3.05) is 6.54 Å². The Morgan fingerprint density at radius 1 is 1.50 bits per heavy atom. The van der Waals surface area contributed by atoms with Crippen LogP contribution in [0.5, 0.6) is 0 Å². The minimum atomic E-state index is -0.345. The van der Waals surface area contributed by atoms with Gasteiger partial charge in [0.2, 0.25) is 0 Å². The molecule has 0 fully saturated rings. The molecule has 0 aliphatic carbocycles. The molecule has 5 nitrogen and oxygen atoms in total. The minimum Gasteiger partial charge on any atom is -0.344 e. The molecule has 0 saturated heterocycles. The number of fused-ring (bicyclic) bond motifs is 1. The van der Waals surface area contributed by atoms with Gasteiger partial charge in [0.25, 0.3) is 5.69 Å². The van der Waals surface area contributed by atoms with Gasteiger partial charge in [0, 0.05) is 7.05 Å². The molecule has 16 heavy (non-hydrogen) atoms. The zero-order valence-electron chi connectivity index (χ0n) is 9.01. The zero-order valence-corrected chi connectivity index (χ0v) is 9.01. The smallest absolute Gasteiger partial charge is 0.294 e. The monoisotopic (exact) mass is 219 g/mol. The van der Waals surface area contributed by atoms with Gasteiger partial charge in [-0.2, -0.15) is 0 Å². The fourth-order valence-corrected chi connectivity index (χ4v) is 2.00. The summed E-state index contributed by atoms with van der Waals surface area (Å²) in [5, 5.41) is 11.7. The summed E-state index contributed by atoms with van der Waals surface area (Å²) in [5.74, 6) is 0. The number of aromatic nitrogens is 1. The number of aryl methyl sites for hydroxylation is 1. The van der Waals surface area contributed by atoms with E-state index in [4.69, 9.17) is 5.73 Å². The van der Waals surface area contributed by atoms with E-state index in [2.05, 4.69) is 0 Å². The van der Waals surface area contributed by atoms with Crippen LogP contribution in [0.4, 0.5) is 5.69 Å². The Balaban J connectivity index is 2.77. The molecule has 2 N–H and O–H groups in total. The number of hydrogen-bond acceptors (Lipinski definition) is 3. The highest BCUT2D eigenvalue weighted by Crippen LogP contribution is 2.30. The highest BCUT2D eigenvalue weighted by molar-refractivity contribution is 5.92. The lowest BCUT2D eigenvalue weighted by atomic mass is 10.1. The predicted molar refractivity (Wildman–Crippen MR) is 62.3 cm³/mol. The second-order valence-corrected chi connectivity index (χ2v) is 3.73. The van der Waals surface area contributed by atoms with E-state index in [1.54, 1.807) is 10.8 Å². The molecular formula is C11H13N3O2. The van der Waals surface area contributed by atoms with Crippen molar-refractivity contribution in [1.29, 1.82) is 0 Å². The van der Waals surface area contributed by atoms with E-state index in [-0.39, 0.29) is 10.6 Å². The lowest BCUT2D eigenvalue weighted by Gasteiger charge is -2.01. The Morgan fingerprint density at radius 2 is 2.25 bits per heavy atom. The minimum absolute atomic E-state index is 0.154. The summed E-state index contributed by atoms with van der Waals surface area (Å²) in [6, 6.07) is 5.67. The summed E-state index contributed by atoms with van der Waals surface area (Å²) in [4.78, 5) is 10.6. The van der Waals surface area contributed by atoms with Crippen molar-refractivity contribution in [1.82, 2.24) is 4.57 Å². The van der Waals surface area contributed by atoms with E-state index in [1.165, 1.54) is 0 Å². The van der Waals surface area contributed by atoms with Gasteiger partial charge in [-0.05, 0) is 24.6 Å². The van der Waals surface area contributed by atoms with E-state index >= 15 is 0 Å². The first kappa shape index (κ1) is 10.6. The van der Waals surface area contributed by atoms with Crippen LogP contribution >= 0.6 is 0 Å². The van der Waals surface area contributed by atoms with Crippen molar-refractivity contribution in [3.8, 4) is 0 Å². The third-order valence-corrected chi connectivity index (χ3v) is 2.69. The highest BCUT2D eigenvalue weighted by Gasteiger charge is 2.18. The third-order valence-electron chi connectivity index (χ3n) is 2.69. The third kappa shape index (κ3) is 1.55. The Hall–Kier alpha value is -1.88. The summed E-state index contributed by atoms with van der Waals surface area (Å²) in [7, 11) is 1.81. The van der Waals surface area contributed by atoms with Gasteiger partial charge in [-0.15, -0.1) is 0 Å². The van der Waals surface area contributed by atoms with Gasteiger partial charge in [0.05, 0.1) is 22.0 Å². The molecule has 2 rings (SSSR count). The largest absolute Gasteiger partial charge is 0.344 e. The Morgan fingerprint density at radius 3 is 2.88 bits per heavy atom. The second-order valence-electron chi connectivity index (χ2n) is 3.73. The molecule has 0 spiro atoms. The van der Waals surface area contributed by atoms with Crippen LogP contribution in [0, 0.1) is 10.1 Å². The van der Waals surface area contributed by atoms with Crippen LogP contribution in [-0.2, 0) is 13.5 Å². The summed E-state index contributed by atoms with van der Waals surface area (Å²) in [5.41, 5.74) is 7.47. The van der Waals surface area contributed by atoms with E-state index in [0.29, 0.717) is 18.4 Å².